The SMILES string of the molecule is Nc1cc(C(F)(F)F)ccc1NC(=O)CN1CCOCC1. The number of nitrogens with one attached hydrogen (secondary N) is 1. The summed E-state index contributed by atoms with van der Waals surface area (Å²) in [6.07, 6.45) is -4.45. The molecule has 1 fully saturated rings. The normalized spacial score (nSPS) is 16.7. The molecule has 1 aliphatic rings. The van der Waals surface area contributed by atoms with Gasteiger partial charge in [0.25, 0.3) is 0 Å². The lowest BCUT2D eigenvalue weighted by atomic mass is 10.1. The van der Waals surface area contributed by atoms with Crippen LogP contribution in [0.4, 0.5) is 24.5 Å². The third-order valence-corrected chi connectivity index (χ3v) is 3.12. The van der Waals surface area contributed by atoms with E-state index in [0.717, 1.165) is 18.2 Å². The molecule has 1 heterocycles. The van der Waals surface area contributed by atoms with Crippen LogP contribution in [0.1, 0.15) is 5.56 Å². The van der Waals surface area contributed by atoms with Crippen LogP contribution in [0.3, 0.4) is 0 Å². The van der Waals surface area contributed by atoms with Crippen LogP contribution in [0.2, 0.25) is 0 Å². The Labute approximate surface area is 119 Å². The van der Waals surface area contributed by atoms with Gasteiger partial charge in [-0.1, -0.05) is 0 Å². The Morgan fingerprint density at radius 3 is 2.57 bits per heavy atom. The van der Waals surface area contributed by atoms with Crippen LogP contribution in [-0.4, -0.2) is 43.7 Å². The van der Waals surface area contributed by atoms with Crippen molar-refractivity contribution >= 4 is 17.3 Å². The molecule has 8 heteroatoms. The molecule has 1 aromatic rings. The number of nitrogens with two attached hydrogens (primary N) is 1. The first kappa shape index (κ1) is 15.6. The van der Waals surface area contributed by atoms with Crippen molar-refractivity contribution in [3.63, 3.8) is 0 Å². The molecule has 0 saturated carbocycles. The van der Waals surface area contributed by atoms with Gasteiger partial charge in [-0.3, -0.25) is 9.69 Å². The van der Waals surface area contributed by atoms with E-state index in [1.165, 1.54) is 0 Å². The third-order valence-electron chi connectivity index (χ3n) is 3.12. The van der Waals surface area contributed by atoms with Gasteiger partial charge < -0.3 is 15.8 Å². The molecule has 0 unspecified atom stereocenters. The van der Waals surface area contributed by atoms with E-state index >= 15 is 0 Å². The Morgan fingerprint density at radius 1 is 1.33 bits per heavy atom. The predicted molar refractivity (Wildman–Crippen MR) is 71.7 cm³/mol. The predicted octanol–water partition coefficient (Wildman–Crippen LogP) is 1.56. The van der Waals surface area contributed by atoms with E-state index in [-0.39, 0.29) is 23.8 Å². The van der Waals surface area contributed by atoms with Crippen molar-refractivity contribution in [1.82, 2.24) is 4.90 Å². The third kappa shape index (κ3) is 4.33. The molecule has 116 valence electrons. The summed E-state index contributed by atoms with van der Waals surface area (Å²) in [5.74, 6) is -0.316. The Hall–Kier alpha value is -1.80. The molecule has 1 saturated heterocycles. The van der Waals surface area contributed by atoms with Crippen molar-refractivity contribution in [2.75, 3.05) is 43.9 Å². The molecule has 2 rings (SSSR count). The van der Waals surface area contributed by atoms with Gasteiger partial charge in [0.05, 0.1) is 36.7 Å². The van der Waals surface area contributed by atoms with Gasteiger partial charge in [0.15, 0.2) is 0 Å². The number of carbonyl (C=O) groups excluding carboxylic acids is 1. The van der Waals surface area contributed by atoms with Crippen LogP contribution < -0.4 is 11.1 Å². The Bertz CT molecular complexity index is 514. The molecule has 5 nitrogen and oxygen atoms in total. The second-order valence-corrected chi connectivity index (χ2v) is 4.74. The van der Waals surface area contributed by atoms with E-state index < -0.39 is 11.7 Å². The lowest BCUT2D eigenvalue weighted by molar-refractivity contribution is -0.137. The fourth-order valence-electron chi connectivity index (χ4n) is 2.00. The lowest BCUT2D eigenvalue weighted by Gasteiger charge is -2.25. The van der Waals surface area contributed by atoms with E-state index in [0.29, 0.717) is 26.3 Å². The van der Waals surface area contributed by atoms with Crippen molar-refractivity contribution in [2.45, 2.75) is 6.18 Å². The molecule has 0 aromatic heterocycles. The highest BCUT2D eigenvalue weighted by atomic mass is 19.4. The van der Waals surface area contributed by atoms with Gasteiger partial charge in [0.2, 0.25) is 5.91 Å². The number of nitrogen functional groups attached to an aromatic ring is 1. The molecule has 21 heavy (non-hydrogen) atoms. The minimum atomic E-state index is -4.45. The smallest absolute Gasteiger partial charge is 0.397 e. The number of anilines is 2. The molecule has 1 aromatic carbocycles. The second-order valence-electron chi connectivity index (χ2n) is 4.74. The fraction of sp³-hybridized carbons (Fsp3) is 0.462. The number of nitrogens with zero attached hydrogens (tertiary/aromatic N) is 1. The second kappa shape index (κ2) is 6.31. The number of amides is 1. The van der Waals surface area contributed by atoms with Crippen LogP contribution in [0.5, 0.6) is 0 Å². The maximum atomic E-state index is 12.5. The Kier molecular flexibility index (Phi) is 4.69. The maximum absolute atomic E-state index is 12.5. The Morgan fingerprint density at radius 2 is 2.00 bits per heavy atom. The van der Waals surface area contributed by atoms with Crippen LogP contribution >= 0.6 is 0 Å². The van der Waals surface area contributed by atoms with E-state index in [2.05, 4.69) is 5.32 Å². The van der Waals surface area contributed by atoms with Crippen LogP contribution in [0.25, 0.3) is 0 Å². The zero-order chi connectivity index (χ0) is 15.5. The quantitative estimate of drug-likeness (QED) is 0.832. The summed E-state index contributed by atoms with van der Waals surface area (Å²) in [7, 11) is 0. The highest BCUT2D eigenvalue weighted by Gasteiger charge is 2.30. The molecule has 0 bridgehead atoms. The lowest BCUT2D eigenvalue weighted by Crippen LogP contribution is -2.41. The average Bonchev–Trinajstić information content (AvgIpc) is 2.41. The number of benzene rings is 1. The molecule has 1 amide bonds. The van der Waals surface area contributed by atoms with Gasteiger partial charge in [0, 0.05) is 13.1 Å². The van der Waals surface area contributed by atoms with Crippen molar-refractivity contribution < 1.29 is 22.7 Å². The van der Waals surface area contributed by atoms with Gasteiger partial charge in [-0.2, -0.15) is 13.2 Å². The molecule has 0 aliphatic carbocycles. The number of hydrogen-bond acceptors (Lipinski definition) is 4. The Balaban J connectivity index is 1.97. The largest absolute Gasteiger partial charge is 0.416 e. The van der Waals surface area contributed by atoms with Crippen LogP contribution in [0, 0.1) is 0 Å². The number of alkyl halides is 3. The number of ether oxygens (including phenoxy) is 1. The van der Waals surface area contributed by atoms with Crippen molar-refractivity contribution in [3.05, 3.63) is 23.8 Å². The number of carbonyl (C=O) groups is 1. The van der Waals surface area contributed by atoms with E-state index in [9.17, 15) is 18.0 Å². The monoisotopic (exact) mass is 303 g/mol. The number of halogens is 3. The summed E-state index contributed by atoms with van der Waals surface area (Å²) in [5.41, 5.74) is 4.78. The van der Waals surface area contributed by atoms with Crippen molar-refractivity contribution in [2.24, 2.45) is 0 Å². The minimum absolute atomic E-state index is 0.111. The highest BCUT2D eigenvalue weighted by Crippen LogP contribution is 2.32. The van der Waals surface area contributed by atoms with Gasteiger partial charge in [-0.05, 0) is 18.2 Å². The summed E-state index contributed by atoms with van der Waals surface area (Å²) in [6, 6.07) is 2.86. The summed E-state index contributed by atoms with van der Waals surface area (Å²) < 4.78 is 42.7. The van der Waals surface area contributed by atoms with Gasteiger partial charge >= 0.3 is 6.18 Å². The molecule has 3 N–H and O–H groups in total. The fourth-order valence-corrected chi connectivity index (χ4v) is 2.00. The number of hydrogen-bond donors (Lipinski definition) is 2. The highest BCUT2D eigenvalue weighted by molar-refractivity contribution is 5.95. The standard InChI is InChI=1S/C13H16F3N3O2/c14-13(15,16)9-1-2-11(10(17)7-9)18-12(20)8-19-3-5-21-6-4-19/h1-2,7H,3-6,8,17H2,(H,18,20). The molecule has 0 radical (unpaired) electrons. The van der Waals surface area contributed by atoms with Gasteiger partial charge in [0.1, 0.15) is 0 Å². The average molecular weight is 303 g/mol. The van der Waals surface area contributed by atoms with Gasteiger partial charge in [-0.15, -0.1) is 0 Å². The first-order chi connectivity index (χ1) is 9.86. The van der Waals surface area contributed by atoms with Gasteiger partial charge in [-0.25, -0.2) is 0 Å². The van der Waals surface area contributed by atoms with E-state index in [4.69, 9.17) is 10.5 Å². The van der Waals surface area contributed by atoms with Crippen molar-refractivity contribution in [1.29, 1.82) is 0 Å². The van der Waals surface area contributed by atoms with Crippen LogP contribution in [-0.2, 0) is 15.7 Å². The summed E-state index contributed by atoms with van der Waals surface area (Å²) >= 11 is 0. The van der Waals surface area contributed by atoms with E-state index in [1.807, 2.05) is 4.90 Å². The number of morpholine rings is 1. The zero-order valence-electron chi connectivity index (χ0n) is 11.2. The van der Waals surface area contributed by atoms with E-state index in [1.54, 1.807) is 0 Å². The molecular weight excluding hydrogens is 287 g/mol. The maximum Gasteiger partial charge on any atom is 0.416 e. The van der Waals surface area contributed by atoms with Crippen molar-refractivity contribution in [3.8, 4) is 0 Å². The molecule has 1 aliphatic heterocycles. The molecule has 0 spiro atoms. The first-order valence-electron chi connectivity index (χ1n) is 6.43. The first-order valence-corrected chi connectivity index (χ1v) is 6.43. The summed E-state index contributed by atoms with van der Waals surface area (Å²) in [4.78, 5) is 13.7. The summed E-state index contributed by atoms with van der Waals surface area (Å²) in [6.45, 7) is 2.58. The zero-order valence-corrected chi connectivity index (χ0v) is 11.2. The minimum Gasteiger partial charge on any atom is -0.397 e. The molecule has 0 atom stereocenters. The topological polar surface area (TPSA) is 67.6 Å². The summed E-state index contributed by atoms with van der Waals surface area (Å²) in [5, 5.41) is 2.52. The number of rotatable bonds is 3. The molecular formula is C13H16F3N3O2. The van der Waals surface area contributed by atoms with Crippen LogP contribution in [0.15, 0.2) is 18.2 Å².